The molecule has 0 saturated heterocycles. The van der Waals surface area contributed by atoms with Crippen LogP contribution in [0.2, 0.25) is 0 Å². The van der Waals surface area contributed by atoms with Gasteiger partial charge in [0.15, 0.2) is 17.5 Å². The lowest BCUT2D eigenvalue weighted by Gasteiger charge is -2.34. The number of hydrogen-bond donors (Lipinski definition) is 0. The number of aromatic nitrogens is 3. The van der Waals surface area contributed by atoms with Crippen LogP contribution < -0.4 is 0 Å². The summed E-state index contributed by atoms with van der Waals surface area (Å²) in [5, 5.41) is 2.35. The molecule has 0 atom stereocenters. The summed E-state index contributed by atoms with van der Waals surface area (Å²) in [4.78, 5) is 15.2. The minimum atomic E-state index is -0.451. The van der Waals surface area contributed by atoms with Crippen molar-refractivity contribution in [1.29, 1.82) is 0 Å². The topological polar surface area (TPSA) is 38.7 Å². The highest BCUT2D eigenvalue weighted by atomic mass is 32.1. The van der Waals surface area contributed by atoms with Gasteiger partial charge in [0.05, 0.1) is 5.41 Å². The lowest BCUT2D eigenvalue weighted by molar-refractivity contribution is 0.769. The Balaban J connectivity index is 0.992. The molecule has 12 rings (SSSR count). The fourth-order valence-corrected chi connectivity index (χ4v) is 10.7. The molecule has 290 valence electrons. The molecule has 3 nitrogen and oxygen atoms in total. The van der Waals surface area contributed by atoms with Crippen LogP contribution >= 0.6 is 11.3 Å². The number of rotatable bonds is 7. The third-order valence-electron chi connectivity index (χ3n) is 12.4. The van der Waals surface area contributed by atoms with E-state index in [2.05, 4.69) is 188 Å². The van der Waals surface area contributed by atoms with E-state index in [4.69, 9.17) is 15.0 Å². The van der Waals surface area contributed by atoms with Gasteiger partial charge in [-0.15, -0.1) is 11.3 Å². The van der Waals surface area contributed by atoms with Crippen LogP contribution in [0.3, 0.4) is 0 Å². The maximum absolute atomic E-state index is 5.13. The molecule has 0 spiro atoms. The Morgan fingerprint density at radius 2 is 0.790 bits per heavy atom. The molecule has 0 amide bonds. The van der Waals surface area contributed by atoms with Crippen molar-refractivity contribution in [2.45, 2.75) is 5.41 Å². The van der Waals surface area contributed by atoms with E-state index in [1.54, 1.807) is 11.3 Å². The average Bonchev–Trinajstić information content (AvgIpc) is 3.88. The molecular weight excluding hydrogens is 771 g/mol. The maximum Gasteiger partial charge on any atom is 0.164 e. The summed E-state index contributed by atoms with van der Waals surface area (Å²) < 4.78 is 2.43. The monoisotopic (exact) mass is 807 g/mol. The predicted molar refractivity (Wildman–Crippen MR) is 257 cm³/mol. The second-order valence-corrected chi connectivity index (χ2v) is 17.0. The molecule has 11 aromatic rings. The van der Waals surface area contributed by atoms with Gasteiger partial charge >= 0.3 is 0 Å². The Labute approximate surface area is 364 Å². The molecule has 0 radical (unpaired) electrons. The quantitative estimate of drug-likeness (QED) is 0.161. The lowest BCUT2D eigenvalue weighted by atomic mass is 9.67. The van der Waals surface area contributed by atoms with Crippen molar-refractivity contribution in [2.24, 2.45) is 0 Å². The second kappa shape index (κ2) is 14.7. The van der Waals surface area contributed by atoms with E-state index < -0.39 is 5.41 Å². The van der Waals surface area contributed by atoms with E-state index in [1.165, 1.54) is 64.9 Å². The van der Waals surface area contributed by atoms with Gasteiger partial charge < -0.3 is 0 Å². The molecule has 0 saturated carbocycles. The van der Waals surface area contributed by atoms with E-state index in [1.807, 2.05) is 36.4 Å². The fourth-order valence-electron chi connectivity index (χ4n) is 9.62. The van der Waals surface area contributed by atoms with Crippen molar-refractivity contribution in [3.63, 3.8) is 0 Å². The van der Waals surface area contributed by atoms with Gasteiger partial charge in [0.2, 0.25) is 0 Å². The molecule has 62 heavy (non-hydrogen) atoms. The van der Waals surface area contributed by atoms with Crippen molar-refractivity contribution < 1.29 is 0 Å². The summed E-state index contributed by atoms with van der Waals surface area (Å²) in [6.07, 6.45) is 0. The molecular formula is C58H37N3S. The first kappa shape index (κ1) is 36.1. The first-order chi connectivity index (χ1) is 30.7. The zero-order chi connectivity index (χ0) is 41.0. The standard InChI is InChI=1S/C58H37N3S/c1-5-17-38(18-6-1)55-59-56(39-19-7-2-8-20-39)61-57(60-55)48-28-16-30-53-54(48)49-36-42(32-34-52(49)62-53)40-21-15-22-41(35-40)43-31-33-47-46-27-13-14-29-50(46)58(51(47)37-43,44-23-9-3-10-24-44)45-25-11-4-12-26-45/h1-37H. The van der Waals surface area contributed by atoms with Crippen LogP contribution in [-0.2, 0) is 5.41 Å². The number of benzene rings is 9. The second-order valence-electron chi connectivity index (χ2n) is 15.9. The van der Waals surface area contributed by atoms with E-state index in [0.29, 0.717) is 17.5 Å². The fraction of sp³-hybridized carbons (Fsp3) is 0.0172. The van der Waals surface area contributed by atoms with Crippen LogP contribution in [0.15, 0.2) is 224 Å². The molecule has 4 heteroatoms. The molecule has 0 aliphatic heterocycles. The Morgan fingerprint density at radius 3 is 1.45 bits per heavy atom. The van der Waals surface area contributed by atoms with Crippen molar-refractivity contribution in [2.75, 3.05) is 0 Å². The van der Waals surface area contributed by atoms with Crippen LogP contribution in [0.5, 0.6) is 0 Å². The highest BCUT2D eigenvalue weighted by molar-refractivity contribution is 7.26. The van der Waals surface area contributed by atoms with Crippen LogP contribution in [0.4, 0.5) is 0 Å². The zero-order valence-electron chi connectivity index (χ0n) is 33.6. The highest BCUT2D eigenvalue weighted by Crippen LogP contribution is 2.56. The van der Waals surface area contributed by atoms with Crippen LogP contribution in [-0.4, -0.2) is 15.0 Å². The van der Waals surface area contributed by atoms with E-state index in [9.17, 15) is 0 Å². The average molecular weight is 808 g/mol. The van der Waals surface area contributed by atoms with Crippen LogP contribution in [0.25, 0.3) is 87.7 Å². The smallest absolute Gasteiger partial charge is 0.164 e. The van der Waals surface area contributed by atoms with Crippen molar-refractivity contribution in [3.05, 3.63) is 247 Å². The summed E-state index contributed by atoms with van der Waals surface area (Å²) in [6, 6.07) is 80.7. The van der Waals surface area contributed by atoms with Gasteiger partial charge in [-0.3, -0.25) is 0 Å². The maximum atomic E-state index is 5.13. The first-order valence-electron chi connectivity index (χ1n) is 21.0. The Kier molecular flexibility index (Phi) is 8.58. The first-order valence-corrected chi connectivity index (χ1v) is 21.8. The van der Waals surface area contributed by atoms with Gasteiger partial charge in [0.1, 0.15) is 0 Å². The third kappa shape index (κ3) is 5.83. The summed E-state index contributed by atoms with van der Waals surface area (Å²) >= 11 is 1.81. The molecule has 0 bridgehead atoms. The zero-order valence-corrected chi connectivity index (χ0v) is 34.4. The SMILES string of the molecule is c1ccc(-c2nc(-c3ccccc3)nc(-c3cccc4sc5ccc(-c6cccc(-c7ccc8c(c7)C(c7ccccc7)(c7ccccc7)c7ccccc7-8)c6)cc5c34)n2)cc1. The minimum Gasteiger partial charge on any atom is -0.208 e. The van der Waals surface area contributed by atoms with Gasteiger partial charge in [-0.05, 0) is 86.0 Å². The molecule has 0 fully saturated rings. The number of hydrogen-bond acceptors (Lipinski definition) is 4. The summed E-state index contributed by atoms with van der Waals surface area (Å²) in [5.74, 6) is 1.98. The van der Waals surface area contributed by atoms with E-state index >= 15 is 0 Å². The minimum absolute atomic E-state index is 0.451. The Bertz CT molecular complexity index is 3350. The molecule has 9 aromatic carbocycles. The Hall–Kier alpha value is -7.79. The number of fused-ring (bicyclic) bond motifs is 6. The van der Waals surface area contributed by atoms with Gasteiger partial charge in [0, 0.05) is 36.9 Å². The molecule has 0 N–H and O–H groups in total. The molecule has 0 unspecified atom stereocenters. The van der Waals surface area contributed by atoms with E-state index in [-0.39, 0.29) is 0 Å². The highest BCUT2D eigenvalue weighted by Gasteiger charge is 2.46. The van der Waals surface area contributed by atoms with Crippen molar-refractivity contribution >= 4 is 31.5 Å². The third-order valence-corrected chi connectivity index (χ3v) is 13.6. The predicted octanol–water partition coefficient (Wildman–Crippen LogP) is 14.9. The molecule has 1 aliphatic carbocycles. The summed E-state index contributed by atoms with van der Waals surface area (Å²) in [6.45, 7) is 0. The summed E-state index contributed by atoms with van der Waals surface area (Å²) in [5.41, 5.74) is 14.9. The summed E-state index contributed by atoms with van der Waals surface area (Å²) in [7, 11) is 0. The number of thiophene rings is 1. The van der Waals surface area contributed by atoms with Crippen LogP contribution in [0, 0.1) is 0 Å². The normalized spacial score (nSPS) is 12.6. The van der Waals surface area contributed by atoms with Gasteiger partial charge in [-0.1, -0.05) is 194 Å². The van der Waals surface area contributed by atoms with Crippen molar-refractivity contribution in [3.8, 4) is 67.5 Å². The van der Waals surface area contributed by atoms with Gasteiger partial charge in [-0.25, -0.2) is 15.0 Å². The van der Waals surface area contributed by atoms with Gasteiger partial charge in [0.25, 0.3) is 0 Å². The Morgan fingerprint density at radius 1 is 0.306 bits per heavy atom. The molecule has 1 aliphatic rings. The van der Waals surface area contributed by atoms with Gasteiger partial charge in [-0.2, -0.15) is 0 Å². The van der Waals surface area contributed by atoms with E-state index in [0.717, 1.165) is 27.6 Å². The largest absolute Gasteiger partial charge is 0.208 e. The van der Waals surface area contributed by atoms with Crippen molar-refractivity contribution in [1.82, 2.24) is 15.0 Å². The molecule has 2 heterocycles. The molecule has 2 aromatic heterocycles. The number of nitrogens with zero attached hydrogens (tertiary/aromatic N) is 3. The van der Waals surface area contributed by atoms with Crippen LogP contribution in [0.1, 0.15) is 22.3 Å². The lowest BCUT2D eigenvalue weighted by Crippen LogP contribution is -2.28.